The van der Waals surface area contributed by atoms with Crippen molar-refractivity contribution in [2.75, 3.05) is 38.6 Å². The fourth-order valence-corrected chi connectivity index (χ4v) is 3.22. The number of urea groups is 1. The van der Waals surface area contributed by atoms with E-state index in [2.05, 4.69) is 16.3 Å². The highest BCUT2D eigenvalue weighted by atomic mass is 16.5. The van der Waals surface area contributed by atoms with Crippen molar-refractivity contribution in [3.05, 3.63) is 59.7 Å². The summed E-state index contributed by atoms with van der Waals surface area (Å²) in [5.41, 5.74) is 2.54. The van der Waals surface area contributed by atoms with E-state index < -0.39 is 0 Å². The summed E-state index contributed by atoms with van der Waals surface area (Å²) in [6, 6.07) is 17.2. The Morgan fingerprint density at radius 2 is 1.89 bits per heavy atom. The Labute approximate surface area is 160 Å². The molecule has 1 heterocycles. The van der Waals surface area contributed by atoms with Gasteiger partial charge in [0.1, 0.15) is 5.75 Å². The molecule has 0 spiro atoms. The van der Waals surface area contributed by atoms with Gasteiger partial charge in [0.2, 0.25) is 0 Å². The molecule has 1 saturated heterocycles. The molecule has 0 saturated carbocycles. The lowest BCUT2D eigenvalue weighted by atomic mass is 10.1. The van der Waals surface area contributed by atoms with Crippen LogP contribution in [0.1, 0.15) is 17.5 Å². The summed E-state index contributed by atoms with van der Waals surface area (Å²) < 4.78 is 5.30. The maximum atomic E-state index is 12.6. The molecule has 6 nitrogen and oxygen atoms in total. The van der Waals surface area contributed by atoms with Gasteiger partial charge in [-0.25, -0.2) is 4.79 Å². The molecule has 0 atom stereocenters. The third-order valence-corrected chi connectivity index (χ3v) is 4.71. The van der Waals surface area contributed by atoms with Gasteiger partial charge in [0.05, 0.1) is 24.4 Å². The van der Waals surface area contributed by atoms with Crippen LogP contribution in [0.2, 0.25) is 0 Å². The van der Waals surface area contributed by atoms with Gasteiger partial charge < -0.3 is 15.0 Å². The standard InChI is InChI=1S/C21H24N4O2/c1-27-20-6-3-2-5-19(20)23-21(26)25-12-4-11-24(13-14-25)16-18-9-7-17(15-22)8-10-18/h2-3,5-10H,4,11-14,16H2,1H3,(H,23,26). The van der Waals surface area contributed by atoms with Crippen molar-refractivity contribution in [1.82, 2.24) is 9.80 Å². The highest BCUT2D eigenvalue weighted by Crippen LogP contribution is 2.23. The maximum absolute atomic E-state index is 12.6. The summed E-state index contributed by atoms with van der Waals surface area (Å²) in [4.78, 5) is 16.8. The van der Waals surface area contributed by atoms with Gasteiger partial charge in [-0.05, 0) is 36.2 Å². The maximum Gasteiger partial charge on any atom is 0.321 e. The number of carbonyl (C=O) groups is 1. The zero-order valence-electron chi connectivity index (χ0n) is 15.5. The second-order valence-electron chi connectivity index (χ2n) is 6.56. The van der Waals surface area contributed by atoms with Crippen LogP contribution in [0.3, 0.4) is 0 Å². The average molecular weight is 364 g/mol. The van der Waals surface area contributed by atoms with Gasteiger partial charge in [-0.3, -0.25) is 4.90 Å². The van der Waals surface area contributed by atoms with Crippen molar-refractivity contribution >= 4 is 11.7 Å². The van der Waals surface area contributed by atoms with E-state index in [1.807, 2.05) is 53.4 Å². The van der Waals surface area contributed by atoms with Crippen LogP contribution in [0.5, 0.6) is 5.75 Å². The van der Waals surface area contributed by atoms with E-state index >= 15 is 0 Å². The van der Waals surface area contributed by atoms with Gasteiger partial charge in [-0.15, -0.1) is 0 Å². The summed E-state index contributed by atoms with van der Waals surface area (Å²) >= 11 is 0. The van der Waals surface area contributed by atoms with E-state index in [0.717, 1.165) is 32.6 Å². The second-order valence-corrected chi connectivity index (χ2v) is 6.56. The highest BCUT2D eigenvalue weighted by molar-refractivity contribution is 5.91. The normalized spacial score (nSPS) is 14.9. The van der Waals surface area contributed by atoms with Crippen molar-refractivity contribution in [2.24, 2.45) is 0 Å². The molecule has 2 aromatic rings. The molecule has 0 aliphatic carbocycles. The minimum atomic E-state index is -0.0975. The monoisotopic (exact) mass is 364 g/mol. The SMILES string of the molecule is COc1ccccc1NC(=O)N1CCCN(Cc2ccc(C#N)cc2)CC1. The lowest BCUT2D eigenvalue weighted by Crippen LogP contribution is -2.38. The molecule has 3 rings (SSSR count). The van der Waals surface area contributed by atoms with E-state index in [1.165, 1.54) is 5.56 Å². The third kappa shape index (κ3) is 4.99. The number of nitriles is 1. The summed E-state index contributed by atoms with van der Waals surface area (Å²) in [5, 5.41) is 11.8. The molecule has 0 bridgehead atoms. The Morgan fingerprint density at radius 3 is 2.63 bits per heavy atom. The van der Waals surface area contributed by atoms with Gasteiger partial charge in [-0.1, -0.05) is 24.3 Å². The summed E-state index contributed by atoms with van der Waals surface area (Å²) in [6.07, 6.45) is 0.926. The minimum absolute atomic E-state index is 0.0975. The van der Waals surface area contributed by atoms with E-state index in [-0.39, 0.29) is 6.03 Å². The number of rotatable bonds is 4. The molecule has 2 amide bonds. The lowest BCUT2D eigenvalue weighted by molar-refractivity contribution is 0.211. The lowest BCUT2D eigenvalue weighted by Gasteiger charge is -2.23. The van der Waals surface area contributed by atoms with Crippen LogP contribution in [0.15, 0.2) is 48.5 Å². The predicted octanol–water partition coefficient (Wildman–Crippen LogP) is 3.31. The fourth-order valence-electron chi connectivity index (χ4n) is 3.22. The van der Waals surface area contributed by atoms with Crippen molar-refractivity contribution in [3.63, 3.8) is 0 Å². The quantitative estimate of drug-likeness (QED) is 0.904. The minimum Gasteiger partial charge on any atom is -0.495 e. The second kappa shape index (κ2) is 9.06. The fraction of sp³-hybridized carbons (Fsp3) is 0.333. The van der Waals surface area contributed by atoms with Gasteiger partial charge >= 0.3 is 6.03 Å². The molecule has 140 valence electrons. The van der Waals surface area contributed by atoms with Gasteiger partial charge in [0.25, 0.3) is 0 Å². The molecule has 1 aliphatic rings. The van der Waals surface area contributed by atoms with Crippen LogP contribution >= 0.6 is 0 Å². The first-order chi connectivity index (χ1) is 13.2. The number of benzene rings is 2. The number of ether oxygens (including phenoxy) is 1. The molecule has 0 radical (unpaired) electrons. The number of hydrogen-bond donors (Lipinski definition) is 1. The largest absolute Gasteiger partial charge is 0.495 e. The number of nitrogens with one attached hydrogen (secondary N) is 1. The molecule has 27 heavy (non-hydrogen) atoms. The zero-order chi connectivity index (χ0) is 19.1. The van der Waals surface area contributed by atoms with Crippen molar-refractivity contribution in [2.45, 2.75) is 13.0 Å². The number of amides is 2. The first-order valence-electron chi connectivity index (χ1n) is 9.10. The van der Waals surface area contributed by atoms with Crippen LogP contribution in [0, 0.1) is 11.3 Å². The molecule has 1 fully saturated rings. The van der Waals surface area contributed by atoms with E-state index in [4.69, 9.17) is 10.00 Å². The Hall–Kier alpha value is -3.04. The zero-order valence-corrected chi connectivity index (χ0v) is 15.5. The molecule has 1 aliphatic heterocycles. The van der Waals surface area contributed by atoms with E-state index in [1.54, 1.807) is 7.11 Å². The molecular formula is C21H24N4O2. The van der Waals surface area contributed by atoms with Crippen molar-refractivity contribution < 1.29 is 9.53 Å². The van der Waals surface area contributed by atoms with Gasteiger partial charge in [0, 0.05) is 32.7 Å². The summed E-state index contributed by atoms with van der Waals surface area (Å²) in [6.45, 7) is 3.99. The Morgan fingerprint density at radius 1 is 1.11 bits per heavy atom. The van der Waals surface area contributed by atoms with Crippen molar-refractivity contribution in [3.8, 4) is 11.8 Å². The summed E-state index contributed by atoms with van der Waals surface area (Å²) in [7, 11) is 1.60. The first kappa shape index (κ1) is 18.7. The van der Waals surface area contributed by atoms with Crippen LogP contribution in [-0.2, 0) is 6.54 Å². The van der Waals surface area contributed by atoms with Crippen LogP contribution in [0.4, 0.5) is 10.5 Å². The van der Waals surface area contributed by atoms with Crippen LogP contribution in [-0.4, -0.2) is 49.1 Å². The smallest absolute Gasteiger partial charge is 0.321 e. The molecule has 0 unspecified atom stereocenters. The molecule has 1 N–H and O–H groups in total. The number of methoxy groups -OCH3 is 1. The molecule has 6 heteroatoms. The van der Waals surface area contributed by atoms with Crippen LogP contribution < -0.4 is 10.1 Å². The Bertz CT molecular complexity index is 814. The number of para-hydroxylation sites is 2. The molecule has 2 aromatic carbocycles. The number of hydrogen-bond acceptors (Lipinski definition) is 4. The van der Waals surface area contributed by atoms with E-state index in [9.17, 15) is 4.79 Å². The number of carbonyl (C=O) groups excluding carboxylic acids is 1. The predicted molar refractivity (Wildman–Crippen MR) is 105 cm³/mol. The van der Waals surface area contributed by atoms with Crippen LogP contribution in [0.25, 0.3) is 0 Å². The molecular weight excluding hydrogens is 340 g/mol. The van der Waals surface area contributed by atoms with Crippen molar-refractivity contribution in [1.29, 1.82) is 5.26 Å². The number of anilines is 1. The summed E-state index contributed by atoms with van der Waals surface area (Å²) in [5.74, 6) is 0.656. The topological polar surface area (TPSA) is 68.6 Å². The van der Waals surface area contributed by atoms with E-state index in [0.29, 0.717) is 23.5 Å². The number of nitrogens with zero attached hydrogens (tertiary/aromatic N) is 3. The Kier molecular flexibility index (Phi) is 6.29. The third-order valence-electron chi connectivity index (χ3n) is 4.71. The average Bonchev–Trinajstić information content (AvgIpc) is 2.94. The van der Waals surface area contributed by atoms with Gasteiger partial charge in [0.15, 0.2) is 0 Å². The first-order valence-corrected chi connectivity index (χ1v) is 9.10. The van der Waals surface area contributed by atoms with Gasteiger partial charge in [-0.2, -0.15) is 5.26 Å². The highest BCUT2D eigenvalue weighted by Gasteiger charge is 2.20. The molecule has 0 aromatic heterocycles. The Balaban J connectivity index is 1.55.